The summed E-state index contributed by atoms with van der Waals surface area (Å²) in [6, 6.07) is 6.30. The zero-order valence-corrected chi connectivity index (χ0v) is 19.1. The number of fused-ring (bicyclic) bond motifs is 4. The van der Waals surface area contributed by atoms with Gasteiger partial charge in [-0.25, -0.2) is 14.2 Å². The van der Waals surface area contributed by atoms with E-state index in [0.717, 1.165) is 5.52 Å². The number of rotatable bonds is 4. The van der Waals surface area contributed by atoms with Gasteiger partial charge in [0.2, 0.25) is 0 Å². The van der Waals surface area contributed by atoms with Gasteiger partial charge in [-0.05, 0) is 29.8 Å². The van der Waals surface area contributed by atoms with E-state index in [1.807, 2.05) is 17.7 Å². The molecule has 5 aromatic rings. The Morgan fingerprint density at radius 2 is 2.11 bits per heavy atom. The Morgan fingerprint density at radius 3 is 2.89 bits per heavy atom. The quantitative estimate of drug-likeness (QED) is 0.348. The van der Waals surface area contributed by atoms with Crippen molar-refractivity contribution >= 4 is 61.8 Å². The van der Waals surface area contributed by atoms with E-state index in [0.29, 0.717) is 27.0 Å². The molecule has 1 aliphatic rings. The zero-order chi connectivity index (χ0) is 24.4. The Kier molecular flexibility index (Phi) is 4.69. The molecule has 0 saturated carbocycles. The van der Waals surface area contributed by atoms with E-state index in [4.69, 9.17) is 16.0 Å². The molecule has 0 fully saturated rings. The maximum atomic E-state index is 15.1. The molecule has 0 unspecified atom stereocenters. The summed E-state index contributed by atoms with van der Waals surface area (Å²) in [5.41, 5.74) is 2.93. The molecule has 1 N–H and O–H groups in total. The van der Waals surface area contributed by atoms with Gasteiger partial charge in [0, 0.05) is 36.2 Å². The van der Waals surface area contributed by atoms with Crippen LogP contribution in [0.25, 0.3) is 38.5 Å². The second-order valence-electron chi connectivity index (χ2n) is 8.45. The summed E-state index contributed by atoms with van der Waals surface area (Å²) in [5, 5.41) is 11.3. The summed E-state index contributed by atoms with van der Waals surface area (Å²) in [6.45, 7) is 0.0288. The van der Waals surface area contributed by atoms with Gasteiger partial charge >= 0.3 is 5.97 Å². The van der Waals surface area contributed by atoms with Crippen LogP contribution in [0.5, 0.6) is 0 Å². The van der Waals surface area contributed by atoms with Gasteiger partial charge < -0.3 is 18.7 Å². The fourth-order valence-corrected chi connectivity index (χ4v) is 5.02. The minimum atomic E-state index is -1.25. The number of ketones is 1. The molecule has 0 atom stereocenters. The minimum Gasteiger partial charge on any atom is -0.477 e. The Hall–Kier alpha value is -4.17. The lowest BCUT2D eigenvalue weighted by atomic mass is 9.93. The predicted octanol–water partition coefficient (Wildman–Crippen LogP) is 5.73. The molecule has 6 rings (SSSR count). The molecule has 3 heterocycles. The van der Waals surface area contributed by atoms with Crippen LogP contribution in [0.15, 0.2) is 59.5 Å². The predicted molar refractivity (Wildman–Crippen MR) is 130 cm³/mol. The highest BCUT2D eigenvalue weighted by molar-refractivity contribution is 6.32. The van der Waals surface area contributed by atoms with E-state index in [1.165, 1.54) is 23.0 Å². The molecular formula is C26H17ClFN3O4. The van der Waals surface area contributed by atoms with E-state index >= 15 is 4.39 Å². The third-order valence-electron chi connectivity index (χ3n) is 6.41. The first-order valence-corrected chi connectivity index (χ1v) is 11.2. The van der Waals surface area contributed by atoms with E-state index in [-0.39, 0.29) is 46.5 Å². The number of carboxylic acids is 1. The maximum absolute atomic E-state index is 15.1. The minimum absolute atomic E-state index is 0.0288. The van der Waals surface area contributed by atoms with Gasteiger partial charge in [0.1, 0.15) is 17.1 Å². The first kappa shape index (κ1) is 21.4. The van der Waals surface area contributed by atoms with Gasteiger partial charge in [0.25, 0.3) is 0 Å². The van der Waals surface area contributed by atoms with Crippen molar-refractivity contribution in [3.63, 3.8) is 0 Å². The molecule has 0 amide bonds. The summed E-state index contributed by atoms with van der Waals surface area (Å²) >= 11 is 6.56. The van der Waals surface area contributed by atoms with E-state index < -0.39 is 11.8 Å². The average molecular weight is 490 g/mol. The molecule has 7 nitrogen and oxygen atoms in total. The fourth-order valence-electron chi connectivity index (χ4n) is 4.80. The van der Waals surface area contributed by atoms with Crippen molar-refractivity contribution in [2.75, 3.05) is 0 Å². The smallest absolute Gasteiger partial charge is 0.353 e. The van der Waals surface area contributed by atoms with Crippen LogP contribution in [-0.2, 0) is 18.4 Å². The molecule has 0 bridgehead atoms. The van der Waals surface area contributed by atoms with Gasteiger partial charge in [-0.2, -0.15) is 0 Å². The number of Topliss-reactive ketones (excluding diaryl/α,β-unsaturated/α-hetero) is 1. The van der Waals surface area contributed by atoms with Crippen molar-refractivity contribution in [1.29, 1.82) is 0 Å². The number of furan rings is 1. The first-order valence-electron chi connectivity index (χ1n) is 10.8. The van der Waals surface area contributed by atoms with Crippen molar-refractivity contribution in [2.45, 2.75) is 13.0 Å². The maximum Gasteiger partial charge on any atom is 0.353 e. The highest BCUT2D eigenvalue weighted by Crippen LogP contribution is 2.40. The molecule has 9 heteroatoms. The number of carbonyl (C=O) groups is 2. The second-order valence-corrected chi connectivity index (χ2v) is 8.86. The lowest BCUT2D eigenvalue weighted by molar-refractivity contribution is -0.113. The number of hydrogen-bond donors (Lipinski definition) is 1. The Labute approximate surface area is 202 Å². The third kappa shape index (κ3) is 3.14. The van der Waals surface area contributed by atoms with Crippen LogP contribution in [0.2, 0.25) is 5.02 Å². The lowest BCUT2D eigenvalue weighted by Gasteiger charge is -2.12. The molecule has 0 saturated heterocycles. The number of aromatic nitrogens is 3. The number of carboxylic acid groups (broad SMARTS) is 1. The Morgan fingerprint density at radius 1 is 1.29 bits per heavy atom. The molecule has 0 aliphatic heterocycles. The van der Waals surface area contributed by atoms with E-state index in [2.05, 4.69) is 4.98 Å². The number of hydrogen-bond acceptors (Lipinski definition) is 4. The monoisotopic (exact) mass is 489 g/mol. The van der Waals surface area contributed by atoms with Crippen LogP contribution < -0.4 is 0 Å². The largest absolute Gasteiger partial charge is 0.477 e. The Bertz CT molecular complexity index is 1790. The van der Waals surface area contributed by atoms with Crippen LogP contribution in [0.3, 0.4) is 0 Å². The molecule has 3 aromatic heterocycles. The normalized spacial score (nSPS) is 13.9. The van der Waals surface area contributed by atoms with Crippen LogP contribution in [0, 0.1) is 5.82 Å². The van der Waals surface area contributed by atoms with Crippen LogP contribution in [-0.4, -0.2) is 31.0 Å². The SMILES string of the molecule is Cn1cnc2cc(Cl)c(Cn3c(C(=O)O)c(C4=CC=CCC4=O)c4c5occc5c(F)cc43)cc21. The molecule has 1 aliphatic carbocycles. The summed E-state index contributed by atoms with van der Waals surface area (Å²) in [6.07, 6.45) is 8.15. The lowest BCUT2D eigenvalue weighted by Crippen LogP contribution is -2.14. The van der Waals surface area contributed by atoms with Gasteiger partial charge in [-0.1, -0.05) is 29.8 Å². The zero-order valence-electron chi connectivity index (χ0n) is 18.4. The van der Waals surface area contributed by atoms with Gasteiger partial charge in [-0.15, -0.1) is 0 Å². The molecule has 0 radical (unpaired) electrons. The number of imidazole rings is 1. The van der Waals surface area contributed by atoms with Gasteiger partial charge in [-0.3, -0.25) is 4.79 Å². The Balaban J connectivity index is 1.71. The second kappa shape index (κ2) is 7.68. The van der Waals surface area contributed by atoms with Crippen molar-refractivity contribution in [1.82, 2.24) is 14.1 Å². The topological polar surface area (TPSA) is 90.3 Å². The van der Waals surface area contributed by atoms with Crippen molar-refractivity contribution in [2.24, 2.45) is 7.05 Å². The summed E-state index contributed by atoms with van der Waals surface area (Å²) in [4.78, 5) is 29.8. The molecule has 35 heavy (non-hydrogen) atoms. The van der Waals surface area contributed by atoms with Crippen LogP contribution in [0.4, 0.5) is 4.39 Å². The summed E-state index contributed by atoms with van der Waals surface area (Å²) < 4.78 is 24.0. The number of nitrogens with zero attached hydrogens (tertiary/aromatic N) is 3. The number of carbonyl (C=O) groups excluding carboxylic acids is 1. The highest BCUT2D eigenvalue weighted by Gasteiger charge is 2.31. The molecule has 0 spiro atoms. The van der Waals surface area contributed by atoms with Crippen molar-refractivity contribution < 1.29 is 23.5 Å². The van der Waals surface area contributed by atoms with Crippen LogP contribution >= 0.6 is 11.6 Å². The first-order chi connectivity index (χ1) is 16.8. The molecule has 2 aromatic carbocycles. The van der Waals surface area contributed by atoms with Crippen LogP contribution in [0.1, 0.15) is 28.0 Å². The molecule has 174 valence electrons. The molecular weight excluding hydrogens is 473 g/mol. The van der Waals surface area contributed by atoms with Gasteiger partial charge in [0.15, 0.2) is 5.78 Å². The van der Waals surface area contributed by atoms with Gasteiger partial charge in [0.05, 0.1) is 39.9 Å². The van der Waals surface area contributed by atoms with Crippen molar-refractivity contribution in [3.05, 3.63) is 82.7 Å². The third-order valence-corrected chi connectivity index (χ3v) is 6.77. The standard InChI is InChI=1S/C26H17ClFN3O4/c1-30-12-29-18-9-16(27)13(8-19(18)30)11-31-20-10-17(28)14-6-7-35-25(14)23(20)22(24(31)26(33)34)15-4-2-3-5-21(15)32/h2-4,6-10,12H,5,11H2,1H3,(H,33,34). The number of aryl methyl sites for hydroxylation is 1. The summed E-state index contributed by atoms with van der Waals surface area (Å²) in [5.74, 6) is -2.04. The van der Waals surface area contributed by atoms with E-state index in [9.17, 15) is 14.7 Å². The summed E-state index contributed by atoms with van der Waals surface area (Å²) in [7, 11) is 1.84. The number of aromatic carboxylic acids is 1. The average Bonchev–Trinajstić information content (AvgIpc) is 3.52. The van der Waals surface area contributed by atoms with Crippen molar-refractivity contribution in [3.8, 4) is 0 Å². The number of benzene rings is 2. The van der Waals surface area contributed by atoms with E-state index in [1.54, 1.807) is 30.6 Å². The fraction of sp³-hybridized carbons (Fsp3) is 0.115. The highest BCUT2D eigenvalue weighted by atomic mass is 35.5. The number of halogens is 2. The number of allylic oxidation sites excluding steroid dienone is 4.